The fourth-order valence-corrected chi connectivity index (χ4v) is 3.01. The van der Waals surface area contributed by atoms with Crippen molar-refractivity contribution in [3.8, 4) is 5.75 Å². The number of nitrogens with zero attached hydrogens (tertiary/aromatic N) is 2. The van der Waals surface area contributed by atoms with Crippen LogP contribution in [0.1, 0.15) is 6.92 Å². The molecule has 8 nitrogen and oxygen atoms in total. The maximum absolute atomic E-state index is 12.5. The highest BCUT2D eigenvalue weighted by Crippen LogP contribution is 2.31. The molecule has 0 saturated heterocycles. The molecule has 134 valence electrons. The normalized spacial score (nSPS) is 11.9. The lowest BCUT2D eigenvalue weighted by atomic mass is 10.2. The molecule has 9 heteroatoms. The van der Waals surface area contributed by atoms with Gasteiger partial charge in [-0.25, -0.2) is 4.98 Å². The molecule has 1 heterocycles. The lowest BCUT2D eigenvalue weighted by Gasteiger charge is -2.12. The predicted octanol–water partition coefficient (Wildman–Crippen LogP) is 3.86. The Balaban J connectivity index is 1.74. The number of nitro benzene ring substituents is 1. The Bertz CT molecular complexity index is 939. The summed E-state index contributed by atoms with van der Waals surface area (Å²) >= 11 is 1.16. The fraction of sp³-hybridized carbons (Fsp3) is 0.176. The van der Waals surface area contributed by atoms with Crippen molar-refractivity contribution in [2.45, 2.75) is 17.4 Å². The van der Waals surface area contributed by atoms with Gasteiger partial charge in [0.2, 0.25) is 5.91 Å². The van der Waals surface area contributed by atoms with Gasteiger partial charge in [-0.2, -0.15) is 0 Å². The van der Waals surface area contributed by atoms with E-state index in [-0.39, 0.29) is 17.3 Å². The number of nitrogens with one attached hydrogen (secondary N) is 1. The molecular formula is C17H15N3O5S. The van der Waals surface area contributed by atoms with E-state index in [0.717, 1.165) is 11.8 Å². The molecule has 1 unspecified atom stereocenters. The van der Waals surface area contributed by atoms with Crippen LogP contribution in [0.25, 0.3) is 11.1 Å². The van der Waals surface area contributed by atoms with Crippen molar-refractivity contribution >= 4 is 40.1 Å². The molecule has 2 aromatic carbocycles. The highest BCUT2D eigenvalue weighted by atomic mass is 32.2. The molecule has 0 spiro atoms. The fourth-order valence-electron chi connectivity index (χ4n) is 2.25. The summed E-state index contributed by atoms with van der Waals surface area (Å²) in [5, 5.41) is 13.4. The summed E-state index contributed by atoms with van der Waals surface area (Å²) in [5.41, 5.74) is 1.45. The summed E-state index contributed by atoms with van der Waals surface area (Å²) in [6, 6.07) is 11.3. The number of anilines is 1. The van der Waals surface area contributed by atoms with Crippen LogP contribution in [0, 0.1) is 10.1 Å². The third kappa shape index (κ3) is 3.77. The molecule has 0 bridgehead atoms. The average Bonchev–Trinajstić information content (AvgIpc) is 3.03. The maximum atomic E-state index is 12.5. The van der Waals surface area contributed by atoms with E-state index >= 15 is 0 Å². The number of aromatic nitrogens is 1. The van der Waals surface area contributed by atoms with Crippen LogP contribution >= 0.6 is 11.8 Å². The van der Waals surface area contributed by atoms with Gasteiger partial charge in [0.1, 0.15) is 11.3 Å². The van der Waals surface area contributed by atoms with E-state index in [1.165, 1.54) is 25.3 Å². The number of benzene rings is 2. The summed E-state index contributed by atoms with van der Waals surface area (Å²) in [6.07, 6.45) is 0. The standard InChI is InChI=1S/C17H15N3O5S/c1-10(26-17-19-12-5-3-4-6-15(12)25-17)16(21)18-13-9-11(20(22)23)7-8-14(13)24-2/h3-10H,1-2H3,(H,18,21). The van der Waals surface area contributed by atoms with Gasteiger partial charge in [0.15, 0.2) is 5.58 Å². The molecular weight excluding hydrogens is 358 g/mol. The number of ether oxygens (including phenoxy) is 1. The quantitative estimate of drug-likeness (QED) is 0.397. The van der Waals surface area contributed by atoms with Crippen LogP contribution in [0.15, 0.2) is 52.1 Å². The summed E-state index contributed by atoms with van der Waals surface area (Å²) in [4.78, 5) is 27.2. The van der Waals surface area contributed by atoms with Gasteiger partial charge in [0.05, 0.1) is 23.0 Å². The van der Waals surface area contributed by atoms with Crippen LogP contribution in [0.3, 0.4) is 0 Å². The van der Waals surface area contributed by atoms with E-state index in [2.05, 4.69) is 10.3 Å². The van der Waals surface area contributed by atoms with Crippen LogP contribution in [0.5, 0.6) is 5.75 Å². The number of amides is 1. The molecule has 1 atom stereocenters. The van der Waals surface area contributed by atoms with Gasteiger partial charge in [0, 0.05) is 12.1 Å². The Morgan fingerprint density at radius 1 is 1.35 bits per heavy atom. The number of oxazole rings is 1. The summed E-state index contributed by atoms with van der Waals surface area (Å²) in [7, 11) is 1.42. The second kappa shape index (κ2) is 7.44. The van der Waals surface area contributed by atoms with Gasteiger partial charge >= 0.3 is 0 Å². The zero-order valence-electron chi connectivity index (χ0n) is 14.0. The van der Waals surface area contributed by atoms with Crippen molar-refractivity contribution in [3.05, 3.63) is 52.6 Å². The largest absolute Gasteiger partial charge is 0.495 e. The highest BCUT2D eigenvalue weighted by molar-refractivity contribution is 8.00. The molecule has 3 aromatic rings. The van der Waals surface area contributed by atoms with E-state index in [9.17, 15) is 14.9 Å². The number of hydrogen-bond donors (Lipinski definition) is 1. The minimum Gasteiger partial charge on any atom is -0.495 e. The average molecular weight is 373 g/mol. The van der Waals surface area contributed by atoms with Crippen molar-refractivity contribution in [1.29, 1.82) is 0 Å². The van der Waals surface area contributed by atoms with Gasteiger partial charge in [0.25, 0.3) is 10.9 Å². The van der Waals surface area contributed by atoms with Crippen molar-refractivity contribution in [2.24, 2.45) is 0 Å². The molecule has 1 N–H and O–H groups in total. The zero-order chi connectivity index (χ0) is 18.7. The SMILES string of the molecule is COc1ccc([N+](=O)[O-])cc1NC(=O)C(C)Sc1nc2ccccc2o1. The van der Waals surface area contributed by atoms with Gasteiger partial charge in [-0.1, -0.05) is 23.9 Å². The topological polar surface area (TPSA) is 108 Å². The number of fused-ring (bicyclic) bond motifs is 1. The number of methoxy groups -OCH3 is 1. The molecule has 26 heavy (non-hydrogen) atoms. The molecule has 3 rings (SSSR count). The second-order valence-electron chi connectivity index (χ2n) is 5.34. The highest BCUT2D eigenvalue weighted by Gasteiger charge is 2.20. The molecule has 0 aliphatic rings. The Labute approximate surface area is 152 Å². The maximum Gasteiger partial charge on any atom is 0.271 e. The van der Waals surface area contributed by atoms with Crippen molar-refractivity contribution in [1.82, 2.24) is 4.98 Å². The molecule has 0 radical (unpaired) electrons. The van der Waals surface area contributed by atoms with Gasteiger partial charge in [-0.15, -0.1) is 0 Å². The first-order valence-corrected chi connectivity index (χ1v) is 8.51. The van der Waals surface area contributed by atoms with Gasteiger partial charge < -0.3 is 14.5 Å². The number of nitro groups is 1. The third-order valence-electron chi connectivity index (χ3n) is 3.57. The van der Waals surface area contributed by atoms with Crippen LogP contribution in [-0.4, -0.2) is 28.2 Å². The molecule has 1 amide bonds. The van der Waals surface area contributed by atoms with Crippen molar-refractivity contribution < 1.29 is 18.9 Å². The second-order valence-corrected chi connectivity index (χ2v) is 6.63. The predicted molar refractivity (Wildman–Crippen MR) is 97.6 cm³/mol. The Morgan fingerprint density at radius 2 is 2.12 bits per heavy atom. The van der Waals surface area contributed by atoms with Gasteiger partial charge in [-0.05, 0) is 25.1 Å². The Kier molecular flexibility index (Phi) is 5.08. The molecule has 0 fully saturated rings. The first-order chi connectivity index (χ1) is 12.5. The number of carbonyl (C=O) groups excluding carboxylic acids is 1. The van der Waals surface area contributed by atoms with Crippen LogP contribution < -0.4 is 10.1 Å². The van der Waals surface area contributed by atoms with Gasteiger partial charge in [-0.3, -0.25) is 14.9 Å². The number of rotatable bonds is 6. The molecule has 0 aliphatic heterocycles. The number of carbonyl (C=O) groups is 1. The minimum atomic E-state index is -0.536. The lowest BCUT2D eigenvalue weighted by Crippen LogP contribution is -2.22. The number of non-ortho nitro benzene ring substituents is 1. The first-order valence-electron chi connectivity index (χ1n) is 7.63. The van der Waals surface area contributed by atoms with E-state index in [1.54, 1.807) is 13.0 Å². The van der Waals surface area contributed by atoms with Crippen molar-refractivity contribution in [3.63, 3.8) is 0 Å². The Morgan fingerprint density at radius 3 is 2.81 bits per heavy atom. The summed E-state index contributed by atoms with van der Waals surface area (Å²) < 4.78 is 10.7. The Hall–Kier alpha value is -3.07. The number of hydrogen-bond acceptors (Lipinski definition) is 7. The van der Waals surface area contributed by atoms with E-state index < -0.39 is 10.2 Å². The number of thioether (sulfide) groups is 1. The first kappa shape index (κ1) is 17.7. The molecule has 1 aromatic heterocycles. The summed E-state index contributed by atoms with van der Waals surface area (Å²) in [5.74, 6) is -0.0148. The number of para-hydroxylation sites is 2. The van der Waals surface area contributed by atoms with Crippen LogP contribution in [0.4, 0.5) is 11.4 Å². The van der Waals surface area contributed by atoms with Crippen molar-refractivity contribution in [2.75, 3.05) is 12.4 Å². The molecule has 0 saturated carbocycles. The summed E-state index contributed by atoms with van der Waals surface area (Å²) in [6.45, 7) is 1.69. The van der Waals surface area contributed by atoms with Crippen LogP contribution in [0.2, 0.25) is 0 Å². The van der Waals surface area contributed by atoms with E-state index in [1.807, 2.05) is 18.2 Å². The zero-order valence-corrected chi connectivity index (χ0v) is 14.8. The smallest absolute Gasteiger partial charge is 0.271 e. The lowest BCUT2D eigenvalue weighted by molar-refractivity contribution is -0.384. The monoisotopic (exact) mass is 373 g/mol. The van der Waals surface area contributed by atoms with Crippen LogP contribution in [-0.2, 0) is 4.79 Å². The third-order valence-corrected chi connectivity index (χ3v) is 4.52. The van der Waals surface area contributed by atoms with E-state index in [4.69, 9.17) is 9.15 Å². The minimum absolute atomic E-state index is 0.139. The molecule has 0 aliphatic carbocycles. The van der Waals surface area contributed by atoms with E-state index in [0.29, 0.717) is 22.1 Å².